The highest BCUT2D eigenvalue weighted by molar-refractivity contribution is 7.43. The van der Waals surface area contributed by atoms with E-state index in [1.807, 2.05) is 5.01 Å². The van der Waals surface area contributed by atoms with Crippen LogP contribution in [0.15, 0.2) is 0 Å². The van der Waals surface area contributed by atoms with Crippen LogP contribution in [-0.4, -0.2) is 29.1 Å². The molecule has 0 bridgehead atoms. The molecule has 0 amide bonds. The lowest BCUT2D eigenvalue weighted by Crippen LogP contribution is -2.44. The van der Waals surface area contributed by atoms with Crippen molar-refractivity contribution in [1.82, 2.24) is 10.2 Å². The lowest BCUT2D eigenvalue weighted by atomic mass is 10.3. The average Bonchev–Trinajstić information content (AvgIpc) is 1.98. The SMILES string of the molecule is COP(O)NN(C(C)C)C(C)C. The number of hydrazine groups is 1. The fourth-order valence-corrected chi connectivity index (χ4v) is 1.71. The summed E-state index contributed by atoms with van der Waals surface area (Å²) in [6, 6.07) is 0.689. The van der Waals surface area contributed by atoms with Crippen molar-refractivity contribution in [3.63, 3.8) is 0 Å². The second-order valence-electron chi connectivity index (χ2n) is 3.15. The molecule has 5 heteroatoms. The van der Waals surface area contributed by atoms with Crippen LogP contribution in [0.4, 0.5) is 0 Å². The Morgan fingerprint density at radius 3 is 1.92 bits per heavy atom. The minimum atomic E-state index is -1.51. The van der Waals surface area contributed by atoms with Crippen LogP contribution in [0.2, 0.25) is 0 Å². The summed E-state index contributed by atoms with van der Waals surface area (Å²) in [6.45, 7) is 8.25. The fourth-order valence-electron chi connectivity index (χ4n) is 0.967. The van der Waals surface area contributed by atoms with E-state index in [0.29, 0.717) is 12.1 Å². The summed E-state index contributed by atoms with van der Waals surface area (Å²) in [5.74, 6) is 0. The summed E-state index contributed by atoms with van der Waals surface area (Å²) in [5, 5.41) is 4.86. The number of hydrogen-bond acceptors (Lipinski definition) is 4. The molecule has 1 unspecified atom stereocenters. The summed E-state index contributed by atoms with van der Waals surface area (Å²) in [7, 11) is -0.0230. The lowest BCUT2D eigenvalue weighted by Gasteiger charge is -2.31. The molecule has 0 rings (SSSR count). The zero-order valence-electron chi connectivity index (χ0n) is 8.40. The molecule has 0 aromatic heterocycles. The van der Waals surface area contributed by atoms with Crippen molar-refractivity contribution in [2.45, 2.75) is 39.8 Å². The molecular formula is C7H19N2O2P. The van der Waals surface area contributed by atoms with E-state index in [9.17, 15) is 4.89 Å². The van der Waals surface area contributed by atoms with Crippen LogP contribution >= 0.6 is 8.53 Å². The fraction of sp³-hybridized carbons (Fsp3) is 1.00. The molecule has 0 radical (unpaired) electrons. The van der Waals surface area contributed by atoms with Gasteiger partial charge in [-0.05, 0) is 27.7 Å². The van der Waals surface area contributed by atoms with Gasteiger partial charge in [-0.15, -0.1) is 0 Å². The van der Waals surface area contributed by atoms with E-state index in [-0.39, 0.29) is 0 Å². The first-order chi connectivity index (χ1) is 5.49. The quantitative estimate of drug-likeness (QED) is 0.514. The van der Waals surface area contributed by atoms with E-state index in [2.05, 4.69) is 32.9 Å². The molecule has 0 aliphatic rings. The molecule has 12 heavy (non-hydrogen) atoms. The van der Waals surface area contributed by atoms with Crippen molar-refractivity contribution in [1.29, 1.82) is 0 Å². The maximum Gasteiger partial charge on any atom is 0.267 e. The second kappa shape index (κ2) is 5.84. The largest absolute Gasteiger partial charge is 0.337 e. The minimum absolute atomic E-state index is 0.345. The van der Waals surface area contributed by atoms with E-state index in [4.69, 9.17) is 4.52 Å². The molecule has 0 heterocycles. The van der Waals surface area contributed by atoms with Crippen LogP contribution in [0.1, 0.15) is 27.7 Å². The highest BCUT2D eigenvalue weighted by Gasteiger charge is 2.16. The maximum atomic E-state index is 9.22. The number of nitrogens with zero attached hydrogens (tertiary/aromatic N) is 1. The van der Waals surface area contributed by atoms with E-state index in [1.54, 1.807) is 0 Å². The molecule has 0 saturated carbocycles. The molecule has 2 N–H and O–H groups in total. The molecule has 0 saturated heterocycles. The monoisotopic (exact) mass is 194 g/mol. The Balaban J connectivity index is 3.95. The molecule has 0 aliphatic heterocycles. The second-order valence-corrected chi connectivity index (χ2v) is 4.26. The van der Waals surface area contributed by atoms with Crippen molar-refractivity contribution < 1.29 is 9.42 Å². The van der Waals surface area contributed by atoms with Gasteiger partial charge in [0.05, 0.1) is 0 Å². The van der Waals surface area contributed by atoms with E-state index < -0.39 is 8.53 Å². The third-order valence-electron chi connectivity index (χ3n) is 1.49. The molecule has 0 spiro atoms. The summed E-state index contributed by atoms with van der Waals surface area (Å²) >= 11 is 0. The first kappa shape index (κ1) is 12.3. The van der Waals surface area contributed by atoms with Gasteiger partial charge in [-0.2, -0.15) is 5.20 Å². The molecule has 0 aromatic rings. The molecule has 74 valence electrons. The van der Waals surface area contributed by atoms with Gasteiger partial charge in [0, 0.05) is 19.2 Å². The number of rotatable bonds is 5. The van der Waals surface area contributed by atoms with Gasteiger partial charge < -0.3 is 9.42 Å². The van der Waals surface area contributed by atoms with Crippen molar-refractivity contribution in [2.24, 2.45) is 0 Å². The van der Waals surface area contributed by atoms with Gasteiger partial charge in [0.25, 0.3) is 8.53 Å². The van der Waals surface area contributed by atoms with Gasteiger partial charge in [0.15, 0.2) is 0 Å². The first-order valence-electron chi connectivity index (χ1n) is 4.06. The van der Waals surface area contributed by atoms with Crippen LogP contribution in [0.5, 0.6) is 0 Å². The molecule has 1 atom stereocenters. The summed E-state index contributed by atoms with van der Waals surface area (Å²) in [4.78, 5) is 9.22. The Labute approximate surface area is 75.8 Å². The van der Waals surface area contributed by atoms with Gasteiger partial charge in [0.2, 0.25) is 0 Å². The molecule has 0 aromatic carbocycles. The Hall–Kier alpha value is 0.270. The normalized spacial score (nSPS) is 14.8. The van der Waals surface area contributed by atoms with Crippen LogP contribution in [0, 0.1) is 0 Å². The number of hydrogen-bond donors (Lipinski definition) is 2. The zero-order chi connectivity index (χ0) is 9.72. The Morgan fingerprint density at radius 1 is 1.25 bits per heavy atom. The predicted molar refractivity (Wildman–Crippen MR) is 51.4 cm³/mol. The van der Waals surface area contributed by atoms with Crippen LogP contribution < -0.4 is 5.20 Å². The zero-order valence-corrected chi connectivity index (χ0v) is 9.30. The average molecular weight is 194 g/mol. The van der Waals surface area contributed by atoms with Gasteiger partial charge in [-0.1, -0.05) is 0 Å². The van der Waals surface area contributed by atoms with Crippen molar-refractivity contribution in [2.75, 3.05) is 7.11 Å². The highest BCUT2D eigenvalue weighted by Crippen LogP contribution is 2.25. The van der Waals surface area contributed by atoms with Crippen LogP contribution in [0.25, 0.3) is 0 Å². The van der Waals surface area contributed by atoms with Crippen molar-refractivity contribution in [3.05, 3.63) is 0 Å². The number of nitrogens with one attached hydrogen (secondary N) is 1. The first-order valence-corrected chi connectivity index (χ1v) is 5.28. The van der Waals surface area contributed by atoms with Crippen molar-refractivity contribution >= 4 is 8.53 Å². The van der Waals surface area contributed by atoms with E-state index >= 15 is 0 Å². The van der Waals surface area contributed by atoms with E-state index in [1.165, 1.54) is 7.11 Å². The summed E-state index contributed by atoms with van der Waals surface area (Å²) < 4.78 is 4.75. The molecule has 0 aliphatic carbocycles. The Bertz CT molecular complexity index is 114. The van der Waals surface area contributed by atoms with E-state index in [0.717, 1.165) is 0 Å². The minimum Gasteiger partial charge on any atom is -0.337 e. The molecule has 4 nitrogen and oxygen atoms in total. The van der Waals surface area contributed by atoms with Crippen molar-refractivity contribution in [3.8, 4) is 0 Å². The maximum absolute atomic E-state index is 9.22. The Kier molecular flexibility index (Phi) is 5.97. The third-order valence-corrected chi connectivity index (χ3v) is 2.23. The van der Waals surface area contributed by atoms with Crippen LogP contribution in [-0.2, 0) is 4.52 Å². The Morgan fingerprint density at radius 2 is 1.67 bits per heavy atom. The third kappa shape index (κ3) is 4.33. The summed E-state index contributed by atoms with van der Waals surface area (Å²) in [6.07, 6.45) is 0. The van der Waals surface area contributed by atoms with Gasteiger partial charge in [-0.25, -0.2) is 5.01 Å². The standard InChI is InChI=1S/C7H19N2O2P/c1-6(2)9(7(3)4)8-12(10)11-5/h6-8,10H,1-5H3. The summed E-state index contributed by atoms with van der Waals surface area (Å²) in [5.41, 5.74) is 0. The highest BCUT2D eigenvalue weighted by atomic mass is 31.2. The topological polar surface area (TPSA) is 44.7 Å². The van der Waals surface area contributed by atoms with Gasteiger partial charge in [0.1, 0.15) is 0 Å². The lowest BCUT2D eigenvalue weighted by molar-refractivity contribution is 0.133. The van der Waals surface area contributed by atoms with Crippen LogP contribution in [0.3, 0.4) is 0 Å². The van der Waals surface area contributed by atoms with Gasteiger partial charge in [-0.3, -0.25) is 0 Å². The molecular weight excluding hydrogens is 175 g/mol. The van der Waals surface area contributed by atoms with Gasteiger partial charge >= 0.3 is 0 Å². The molecule has 0 fully saturated rings. The smallest absolute Gasteiger partial charge is 0.267 e. The predicted octanol–water partition coefficient (Wildman–Crippen LogP) is 1.48.